The smallest absolute Gasteiger partial charge is 0.417 e. The van der Waals surface area contributed by atoms with Crippen molar-refractivity contribution in [2.45, 2.75) is 38.5 Å². The molecule has 13 heavy (non-hydrogen) atoms. The topological polar surface area (TPSA) is 35.5 Å². The van der Waals surface area contributed by atoms with Crippen LogP contribution in [0.5, 0.6) is 0 Å². The Labute approximate surface area is 80.4 Å². The van der Waals surface area contributed by atoms with Crippen molar-refractivity contribution >= 4 is 6.47 Å². The molecule has 0 spiro atoms. The predicted molar refractivity (Wildman–Crippen MR) is 50.7 cm³/mol. The molecule has 0 aliphatic heterocycles. The molecule has 0 aromatic rings. The number of carbonyl (C=O) groups excluding carboxylic acids is 1. The van der Waals surface area contributed by atoms with Crippen LogP contribution in [0.25, 0.3) is 0 Å². The van der Waals surface area contributed by atoms with Crippen LogP contribution in [0.1, 0.15) is 38.5 Å². The van der Waals surface area contributed by atoms with Gasteiger partial charge in [-0.05, 0) is 12.8 Å². The molecule has 0 rings (SSSR count). The monoisotopic (exact) mass is 186 g/mol. The summed E-state index contributed by atoms with van der Waals surface area (Å²) in [7, 11) is 3.30. The zero-order valence-corrected chi connectivity index (χ0v) is 8.09. The molecule has 0 unspecified atom stereocenters. The Kier molecular flexibility index (Phi) is 10.9. The fraction of sp³-hybridized carbons (Fsp3) is 0.800. The second-order valence-electron chi connectivity index (χ2n) is 2.96. The van der Waals surface area contributed by atoms with Crippen molar-refractivity contribution in [1.29, 1.82) is 0 Å². The summed E-state index contributed by atoms with van der Waals surface area (Å²) in [5.74, 6) is 0. The molecule has 0 aromatic heterocycles. The molecule has 76 valence electrons. The summed E-state index contributed by atoms with van der Waals surface area (Å²) in [6, 6.07) is 0. The van der Waals surface area contributed by atoms with Gasteiger partial charge in [0.05, 0.1) is 13.7 Å². The Morgan fingerprint density at radius 2 is 1.46 bits per heavy atom. The second-order valence-corrected chi connectivity index (χ2v) is 2.96. The van der Waals surface area contributed by atoms with Crippen molar-refractivity contribution in [3.63, 3.8) is 0 Å². The fourth-order valence-electron chi connectivity index (χ4n) is 1.13. The third-order valence-electron chi connectivity index (χ3n) is 1.84. The molecule has 2 radical (unpaired) electrons. The first-order chi connectivity index (χ1) is 6.41. The first-order valence-electron chi connectivity index (χ1n) is 4.77. The van der Waals surface area contributed by atoms with Gasteiger partial charge in [0.1, 0.15) is 0 Å². The van der Waals surface area contributed by atoms with Gasteiger partial charge in [-0.3, -0.25) is 0 Å². The molecule has 3 nitrogen and oxygen atoms in total. The van der Waals surface area contributed by atoms with Crippen molar-refractivity contribution in [1.82, 2.24) is 0 Å². The van der Waals surface area contributed by atoms with Crippen LogP contribution in [0.15, 0.2) is 0 Å². The zero-order chi connectivity index (χ0) is 9.78. The van der Waals surface area contributed by atoms with Crippen molar-refractivity contribution in [3.05, 3.63) is 7.11 Å². The summed E-state index contributed by atoms with van der Waals surface area (Å²) in [6.07, 6.45) is 6.75. The Bertz CT molecular complexity index is 104. The minimum atomic E-state index is 0.505. The van der Waals surface area contributed by atoms with Gasteiger partial charge in [0, 0.05) is 6.61 Å². The van der Waals surface area contributed by atoms with Gasteiger partial charge in [0.25, 0.3) is 0 Å². The van der Waals surface area contributed by atoms with Gasteiger partial charge in [-0.25, -0.2) is 4.79 Å². The molecule has 0 fully saturated rings. The minimum Gasteiger partial charge on any atom is -0.457 e. The molecule has 0 aromatic carbocycles. The lowest BCUT2D eigenvalue weighted by atomic mass is 10.1. The highest BCUT2D eigenvalue weighted by atomic mass is 16.5. The lowest BCUT2D eigenvalue weighted by Crippen LogP contribution is -1.91. The third kappa shape index (κ3) is 11.4. The maximum Gasteiger partial charge on any atom is 0.417 e. The summed E-state index contributed by atoms with van der Waals surface area (Å²) >= 11 is 0. The van der Waals surface area contributed by atoms with Crippen LogP contribution in [0.2, 0.25) is 0 Å². The van der Waals surface area contributed by atoms with E-state index in [0.29, 0.717) is 6.61 Å². The van der Waals surface area contributed by atoms with E-state index in [1.54, 1.807) is 0 Å². The number of ether oxygens (including phenoxy) is 2. The maximum atomic E-state index is 9.64. The van der Waals surface area contributed by atoms with E-state index < -0.39 is 0 Å². The van der Waals surface area contributed by atoms with E-state index in [0.717, 1.165) is 25.9 Å². The van der Waals surface area contributed by atoms with Gasteiger partial charge in [0.15, 0.2) is 0 Å². The molecular formula is C10H18O3. The highest BCUT2D eigenvalue weighted by molar-refractivity contribution is 5.37. The van der Waals surface area contributed by atoms with Gasteiger partial charge >= 0.3 is 6.47 Å². The first kappa shape index (κ1) is 12.4. The van der Waals surface area contributed by atoms with Crippen molar-refractivity contribution in [3.8, 4) is 0 Å². The summed E-state index contributed by atoms with van der Waals surface area (Å²) in [6.45, 7) is 2.67. The predicted octanol–water partition coefficient (Wildman–Crippen LogP) is 2.22. The van der Waals surface area contributed by atoms with Gasteiger partial charge in [0.2, 0.25) is 0 Å². The lowest BCUT2D eigenvalue weighted by molar-refractivity contribution is 0.233. The molecule has 0 saturated carbocycles. The van der Waals surface area contributed by atoms with E-state index in [1.807, 2.05) is 0 Å². The molecule has 0 aliphatic rings. The van der Waals surface area contributed by atoms with E-state index >= 15 is 0 Å². The van der Waals surface area contributed by atoms with Gasteiger partial charge in [-0.15, -0.1) is 0 Å². The standard InChI is InChI=1S/C10H18O3/c1-12-8-6-4-2-3-5-7-9-13-10-11/h1-9H2. The van der Waals surface area contributed by atoms with Crippen LogP contribution < -0.4 is 0 Å². The highest BCUT2D eigenvalue weighted by Crippen LogP contribution is 2.05. The summed E-state index contributed by atoms with van der Waals surface area (Å²) in [5.41, 5.74) is 0. The van der Waals surface area contributed by atoms with Crippen LogP contribution >= 0.6 is 0 Å². The molecule has 0 N–H and O–H groups in total. The van der Waals surface area contributed by atoms with Gasteiger partial charge in [-0.2, -0.15) is 0 Å². The molecule has 3 heteroatoms. The Balaban J connectivity index is 2.79. The van der Waals surface area contributed by atoms with Gasteiger partial charge in [-0.1, -0.05) is 25.7 Å². The van der Waals surface area contributed by atoms with Crippen LogP contribution in [0.4, 0.5) is 0 Å². The molecule has 0 aliphatic carbocycles. The SMILES string of the molecule is [CH2]OCCCCCCCCO[C]=O. The molecule has 0 saturated heterocycles. The van der Waals surface area contributed by atoms with Gasteiger partial charge < -0.3 is 9.47 Å². The Hall–Kier alpha value is -0.570. The van der Waals surface area contributed by atoms with E-state index in [2.05, 4.69) is 16.6 Å². The largest absolute Gasteiger partial charge is 0.457 e. The van der Waals surface area contributed by atoms with Crippen LogP contribution in [-0.2, 0) is 14.3 Å². The van der Waals surface area contributed by atoms with Crippen LogP contribution in [0, 0.1) is 7.11 Å². The molecule has 0 amide bonds. The minimum absolute atomic E-state index is 0.505. The van der Waals surface area contributed by atoms with Crippen LogP contribution in [-0.4, -0.2) is 19.7 Å². The second kappa shape index (κ2) is 11.4. The maximum absolute atomic E-state index is 9.64. The third-order valence-corrected chi connectivity index (χ3v) is 1.84. The summed E-state index contributed by atoms with van der Waals surface area (Å²) < 4.78 is 9.13. The molecular weight excluding hydrogens is 168 g/mol. The average molecular weight is 186 g/mol. The quantitative estimate of drug-likeness (QED) is 0.491. The zero-order valence-electron chi connectivity index (χ0n) is 8.09. The lowest BCUT2D eigenvalue weighted by Gasteiger charge is -2.00. The molecule has 0 atom stereocenters. The number of unbranched alkanes of at least 4 members (excludes halogenated alkanes) is 5. The molecule has 0 heterocycles. The number of hydrogen-bond donors (Lipinski definition) is 0. The number of rotatable bonds is 10. The van der Waals surface area contributed by atoms with E-state index in [9.17, 15) is 4.79 Å². The summed E-state index contributed by atoms with van der Waals surface area (Å²) in [5, 5.41) is 0. The average Bonchev–Trinajstić information content (AvgIpc) is 2.16. The summed E-state index contributed by atoms with van der Waals surface area (Å²) in [4.78, 5) is 9.64. The van der Waals surface area contributed by atoms with Crippen LogP contribution in [0.3, 0.4) is 0 Å². The van der Waals surface area contributed by atoms with Crippen molar-refractivity contribution in [2.75, 3.05) is 13.2 Å². The Morgan fingerprint density at radius 3 is 2.00 bits per heavy atom. The van der Waals surface area contributed by atoms with E-state index in [4.69, 9.17) is 0 Å². The Morgan fingerprint density at radius 1 is 0.923 bits per heavy atom. The van der Waals surface area contributed by atoms with E-state index in [1.165, 1.54) is 25.7 Å². The fourth-order valence-corrected chi connectivity index (χ4v) is 1.13. The highest BCUT2D eigenvalue weighted by Gasteiger charge is 1.91. The first-order valence-corrected chi connectivity index (χ1v) is 4.77. The molecule has 0 bridgehead atoms. The normalized spacial score (nSPS) is 9.92. The van der Waals surface area contributed by atoms with E-state index in [-0.39, 0.29) is 0 Å². The number of hydrogen-bond acceptors (Lipinski definition) is 3. The van der Waals surface area contributed by atoms with Crippen molar-refractivity contribution < 1.29 is 14.3 Å². The van der Waals surface area contributed by atoms with Crippen molar-refractivity contribution in [2.24, 2.45) is 0 Å².